The second-order valence-corrected chi connectivity index (χ2v) is 7.52. The van der Waals surface area contributed by atoms with Crippen LogP contribution in [0.2, 0.25) is 0 Å². The van der Waals surface area contributed by atoms with Crippen molar-refractivity contribution in [2.24, 2.45) is 0 Å². The zero-order valence-corrected chi connectivity index (χ0v) is 17.0. The number of carbonyl (C=O) groups is 2. The maximum absolute atomic E-state index is 13.0. The van der Waals surface area contributed by atoms with Crippen LogP contribution in [0.1, 0.15) is 31.8 Å². The van der Waals surface area contributed by atoms with Gasteiger partial charge in [0.1, 0.15) is 5.75 Å². The Morgan fingerprint density at radius 3 is 2.11 bits per heavy atom. The lowest BCUT2D eigenvalue weighted by molar-refractivity contribution is 0.0587. The van der Waals surface area contributed by atoms with Crippen molar-refractivity contribution < 1.29 is 32.2 Å². The van der Waals surface area contributed by atoms with E-state index in [1.165, 1.54) is 45.6 Å². The maximum Gasteiger partial charge on any atom is 0.339 e. The third-order valence-corrected chi connectivity index (χ3v) is 5.80. The van der Waals surface area contributed by atoms with Crippen molar-refractivity contribution in [3.05, 3.63) is 52.6 Å². The predicted octanol–water partition coefficient (Wildman–Crippen LogP) is 2.69. The van der Waals surface area contributed by atoms with E-state index in [9.17, 15) is 18.0 Å². The fourth-order valence-electron chi connectivity index (χ4n) is 2.64. The Labute approximate surface area is 163 Å². The van der Waals surface area contributed by atoms with Gasteiger partial charge in [0.15, 0.2) is 0 Å². The van der Waals surface area contributed by atoms with Gasteiger partial charge in [0.25, 0.3) is 10.0 Å². The van der Waals surface area contributed by atoms with Crippen molar-refractivity contribution >= 4 is 27.6 Å². The van der Waals surface area contributed by atoms with Gasteiger partial charge in [-0.25, -0.2) is 18.0 Å². The Hall–Kier alpha value is -3.07. The molecule has 28 heavy (non-hydrogen) atoms. The molecule has 0 saturated carbocycles. The van der Waals surface area contributed by atoms with Crippen LogP contribution in [-0.2, 0) is 19.5 Å². The topological polar surface area (TPSA) is 108 Å². The van der Waals surface area contributed by atoms with Gasteiger partial charge >= 0.3 is 11.9 Å². The van der Waals surface area contributed by atoms with E-state index >= 15 is 0 Å². The molecule has 0 saturated heterocycles. The van der Waals surface area contributed by atoms with E-state index in [1.54, 1.807) is 19.9 Å². The quantitative estimate of drug-likeness (QED) is 0.734. The normalized spacial score (nSPS) is 10.9. The maximum atomic E-state index is 13.0. The van der Waals surface area contributed by atoms with Gasteiger partial charge in [-0.1, -0.05) is 0 Å². The highest BCUT2D eigenvalue weighted by atomic mass is 32.2. The number of benzene rings is 2. The summed E-state index contributed by atoms with van der Waals surface area (Å²) in [6, 6.07) is 6.82. The molecule has 150 valence electrons. The van der Waals surface area contributed by atoms with Crippen LogP contribution in [0.25, 0.3) is 0 Å². The third-order valence-electron chi connectivity index (χ3n) is 4.29. The Bertz CT molecular complexity index is 1030. The highest BCUT2D eigenvalue weighted by Gasteiger charge is 2.23. The number of hydrogen-bond donors (Lipinski definition) is 1. The van der Waals surface area contributed by atoms with E-state index in [0.717, 1.165) is 0 Å². The van der Waals surface area contributed by atoms with Crippen LogP contribution in [-0.4, -0.2) is 41.7 Å². The Kier molecular flexibility index (Phi) is 6.30. The summed E-state index contributed by atoms with van der Waals surface area (Å²) in [5.74, 6) is -0.871. The largest absolute Gasteiger partial charge is 0.496 e. The van der Waals surface area contributed by atoms with Gasteiger partial charge in [0.2, 0.25) is 0 Å². The number of sulfonamides is 1. The molecule has 8 nitrogen and oxygen atoms in total. The second kappa shape index (κ2) is 8.30. The summed E-state index contributed by atoms with van der Waals surface area (Å²) in [5.41, 5.74) is 1.11. The molecular formula is C19H21NO7S. The average Bonchev–Trinajstić information content (AvgIpc) is 2.68. The van der Waals surface area contributed by atoms with Gasteiger partial charge in [-0.2, -0.15) is 0 Å². The van der Waals surface area contributed by atoms with Crippen LogP contribution >= 0.6 is 0 Å². The van der Waals surface area contributed by atoms with Crippen molar-refractivity contribution in [3.8, 4) is 5.75 Å². The Morgan fingerprint density at radius 2 is 1.54 bits per heavy atom. The first kappa shape index (κ1) is 21.2. The predicted molar refractivity (Wildman–Crippen MR) is 102 cm³/mol. The van der Waals surface area contributed by atoms with E-state index < -0.39 is 22.0 Å². The molecule has 0 radical (unpaired) electrons. The number of anilines is 1. The van der Waals surface area contributed by atoms with Crippen LogP contribution in [0, 0.1) is 13.8 Å². The first-order chi connectivity index (χ1) is 13.2. The number of nitrogens with one attached hydrogen (secondary N) is 1. The molecular weight excluding hydrogens is 386 g/mol. The minimum absolute atomic E-state index is 0.0186. The minimum Gasteiger partial charge on any atom is -0.496 e. The molecule has 2 rings (SSSR count). The first-order valence-corrected chi connectivity index (χ1v) is 9.62. The number of ether oxygens (including phenoxy) is 3. The van der Waals surface area contributed by atoms with Gasteiger partial charge in [-0.3, -0.25) is 4.72 Å². The molecule has 2 aromatic rings. The third kappa shape index (κ3) is 4.09. The van der Waals surface area contributed by atoms with Gasteiger partial charge < -0.3 is 14.2 Å². The summed E-state index contributed by atoms with van der Waals surface area (Å²) in [5, 5.41) is 0. The van der Waals surface area contributed by atoms with Crippen LogP contribution in [0.3, 0.4) is 0 Å². The van der Waals surface area contributed by atoms with Crippen molar-refractivity contribution in [3.63, 3.8) is 0 Å². The Balaban J connectivity index is 2.57. The molecule has 9 heteroatoms. The van der Waals surface area contributed by atoms with E-state index in [4.69, 9.17) is 9.47 Å². The minimum atomic E-state index is -4.07. The smallest absolute Gasteiger partial charge is 0.339 e. The molecule has 0 amide bonds. The molecule has 0 aliphatic carbocycles. The summed E-state index contributed by atoms with van der Waals surface area (Å²) < 4.78 is 42.8. The molecule has 0 aliphatic rings. The second-order valence-electron chi connectivity index (χ2n) is 5.86. The lowest BCUT2D eigenvalue weighted by atomic mass is 10.1. The van der Waals surface area contributed by atoms with Gasteiger partial charge in [0.05, 0.1) is 43.0 Å². The number of methoxy groups -OCH3 is 3. The lowest BCUT2D eigenvalue weighted by Gasteiger charge is -2.16. The molecule has 0 aromatic heterocycles. The van der Waals surface area contributed by atoms with Gasteiger partial charge in [-0.05, 0) is 55.3 Å². The number of esters is 2. The van der Waals surface area contributed by atoms with Crippen molar-refractivity contribution in [1.82, 2.24) is 0 Å². The summed E-state index contributed by atoms with van der Waals surface area (Å²) in [7, 11) is -0.204. The van der Waals surface area contributed by atoms with Crippen LogP contribution < -0.4 is 9.46 Å². The molecule has 0 heterocycles. The molecule has 0 fully saturated rings. The highest BCUT2D eigenvalue weighted by molar-refractivity contribution is 7.92. The van der Waals surface area contributed by atoms with Crippen molar-refractivity contribution in [1.29, 1.82) is 0 Å². The van der Waals surface area contributed by atoms with Crippen LogP contribution in [0.4, 0.5) is 5.69 Å². The van der Waals surface area contributed by atoms with Crippen molar-refractivity contribution in [2.75, 3.05) is 26.1 Å². The zero-order chi connectivity index (χ0) is 21.1. The standard InChI is InChI=1S/C19H21NO7S/c1-11-12(2)17(9-8-16(11)25-3)28(23,24)20-15-10-13(18(21)26-4)6-7-14(15)19(22)27-5/h6-10,20H,1-5H3. The molecule has 0 spiro atoms. The summed E-state index contributed by atoms with van der Waals surface area (Å²) in [6.07, 6.45) is 0. The molecule has 1 N–H and O–H groups in total. The molecule has 0 bridgehead atoms. The van der Waals surface area contributed by atoms with E-state index in [2.05, 4.69) is 9.46 Å². The zero-order valence-electron chi connectivity index (χ0n) is 16.2. The van der Waals surface area contributed by atoms with Gasteiger partial charge in [-0.15, -0.1) is 0 Å². The summed E-state index contributed by atoms with van der Waals surface area (Å²) in [4.78, 5) is 23.8. The lowest BCUT2D eigenvalue weighted by Crippen LogP contribution is -2.18. The van der Waals surface area contributed by atoms with Crippen LogP contribution in [0.5, 0.6) is 5.75 Å². The van der Waals surface area contributed by atoms with Gasteiger partial charge in [0, 0.05) is 0 Å². The van der Waals surface area contributed by atoms with E-state index in [1.807, 2.05) is 0 Å². The number of hydrogen-bond acceptors (Lipinski definition) is 7. The fraction of sp³-hybridized carbons (Fsp3) is 0.263. The number of carbonyl (C=O) groups excluding carboxylic acids is 2. The van der Waals surface area contributed by atoms with Crippen molar-refractivity contribution in [2.45, 2.75) is 18.7 Å². The monoisotopic (exact) mass is 407 g/mol. The molecule has 0 unspecified atom stereocenters. The fourth-order valence-corrected chi connectivity index (χ4v) is 4.02. The molecule has 0 atom stereocenters. The van der Waals surface area contributed by atoms with E-state index in [-0.39, 0.29) is 21.7 Å². The average molecular weight is 407 g/mol. The SMILES string of the molecule is COC(=O)c1ccc(C(=O)OC)c(NS(=O)(=O)c2ccc(OC)c(C)c2C)c1. The van der Waals surface area contributed by atoms with E-state index in [0.29, 0.717) is 16.9 Å². The summed E-state index contributed by atoms with van der Waals surface area (Å²) in [6.45, 7) is 3.39. The molecule has 2 aromatic carbocycles. The summed E-state index contributed by atoms with van der Waals surface area (Å²) >= 11 is 0. The molecule has 0 aliphatic heterocycles. The highest BCUT2D eigenvalue weighted by Crippen LogP contribution is 2.29. The van der Waals surface area contributed by atoms with Crippen LogP contribution in [0.15, 0.2) is 35.2 Å². The first-order valence-electron chi connectivity index (χ1n) is 8.14. The number of rotatable bonds is 6. The Morgan fingerprint density at radius 1 is 0.893 bits per heavy atom.